The van der Waals surface area contributed by atoms with Crippen molar-refractivity contribution in [3.8, 4) is 11.5 Å². The van der Waals surface area contributed by atoms with Crippen LogP contribution in [0.4, 0.5) is 0 Å². The van der Waals surface area contributed by atoms with Crippen LogP contribution in [-0.2, 0) is 0 Å². The quantitative estimate of drug-likeness (QED) is 0.549. The monoisotopic (exact) mass is 336 g/mol. The Balaban J connectivity index is 2.23. The zero-order chi connectivity index (χ0) is 11.8. The minimum Gasteiger partial charge on any atom is -0.346 e. The van der Waals surface area contributed by atoms with E-state index >= 15 is 0 Å². The summed E-state index contributed by atoms with van der Waals surface area (Å²) in [6.45, 7) is 1.96. The van der Waals surface area contributed by atoms with Crippen molar-refractivity contribution in [2.45, 2.75) is 6.92 Å². The van der Waals surface area contributed by atoms with Gasteiger partial charge in [0.05, 0.1) is 5.39 Å². The molecule has 0 aromatic carbocycles. The number of rotatable bonds is 1. The van der Waals surface area contributed by atoms with E-state index in [1.807, 2.05) is 37.4 Å². The van der Waals surface area contributed by atoms with Gasteiger partial charge in [0.1, 0.15) is 15.0 Å². The Morgan fingerprint density at radius 1 is 1.12 bits per heavy atom. The van der Waals surface area contributed by atoms with Crippen LogP contribution in [0.5, 0.6) is 0 Å². The number of hydrogen-bond donors (Lipinski definition) is 1. The minimum atomic E-state index is 0.660. The zero-order valence-electron chi connectivity index (χ0n) is 9.11. The fraction of sp³-hybridized carbons (Fsp3) is 0.0833. The SMILES string of the molecule is Cc1cccc(-c2nc(I)c3cc[nH]c3n2)n1. The molecule has 0 atom stereocenters. The van der Waals surface area contributed by atoms with Crippen molar-refractivity contribution in [3.05, 3.63) is 39.9 Å². The molecule has 3 aromatic rings. The van der Waals surface area contributed by atoms with Gasteiger partial charge >= 0.3 is 0 Å². The average molecular weight is 336 g/mol. The molecule has 0 spiro atoms. The second-order valence-electron chi connectivity index (χ2n) is 3.74. The summed E-state index contributed by atoms with van der Waals surface area (Å²) in [5, 5.41) is 1.04. The highest BCUT2D eigenvalue weighted by Crippen LogP contribution is 2.20. The maximum absolute atomic E-state index is 4.48. The zero-order valence-corrected chi connectivity index (χ0v) is 11.3. The molecule has 0 fully saturated rings. The van der Waals surface area contributed by atoms with E-state index in [0.717, 1.165) is 26.1 Å². The van der Waals surface area contributed by atoms with Crippen LogP contribution in [0, 0.1) is 10.6 Å². The molecule has 0 bridgehead atoms. The molecule has 84 valence electrons. The van der Waals surface area contributed by atoms with E-state index in [1.165, 1.54) is 0 Å². The van der Waals surface area contributed by atoms with Crippen molar-refractivity contribution < 1.29 is 0 Å². The molecule has 0 unspecified atom stereocenters. The van der Waals surface area contributed by atoms with Crippen molar-refractivity contribution in [3.63, 3.8) is 0 Å². The molecular formula is C12H9IN4. The molecule has 5 heteroatoms. The van der Waals surface area contributed by atoms with Gasteiger partial charge < -0.3 is 4.98 Å². The van der Waals surface area contributed by atoms with E-state index in [2.05, 4.69) is 42.5 Å². The minimum absolute atomic E-state index is 0.660. The highest BCUT2D eigenvalue weighted by molar-refractivity contribution is 14.1. The molecular weight excluding hydrogens is 327 g/mol. The molecule has 0 aliphatic heterocycles. The summed E-state index contributed by atoms with van der Waals surface area (Å²) in [6.07, 6.45) is 1.87. The third-order valence-electron chi connectivity index (χ3n) is 2.49. The standard InChI is InChI=1S/C12H9IN4/c1-7-3-2-4-9(15-7)12-16-10(13)8-5-6-14-11(8)17-12/h2-6H,1H3,(H,14,16,17). The summed E-state index contributed by atoms with van der Waals surface area (Å²) < 4.78 is 0.937. The van der Waals surface area contributed by atoms with Crippen LogP contribution < -0.4 is 0 Å². The third kappa shape index (κ3) is 1.90. The van der Waals surface area contributed by atoms with Gasteiger partial charge in [-0.05, 0) is 47.7 Å². The lowest BCUT2D eigenvalue weighted by atomic mass is 10.3. The molecule has 0 saturated carbocycles. The third-order valence-corrected chi connectivity index (χ3v) is 3.31. The summed E-state index contributed by atoms with van der Waals surface area (Å²) in [4.78, 5) is 16.5. The van der Waals surface area contributed by atoms with Crippen LogP contribution in [0.1, 0.15) is 5.69 Å². The number of H-pyrrole nitrogens is 1. The lowest BCUT2D eigenvalue weighted by Crippen LogP contribution is -1.95. The van der Waals surface area contributed by atoms with E-state index < -0.39 is 0 Å². The first-order chi connectivity index (χ1) is 8.24. The van der Waals surface area contributed by atoms with Crippen LogP contribution >= 0.6 is 22.6 Å². The van der Waals surface area contributed by atoms with Crippen LogP contribution in [-0.4, -0.2) is 19.9 Å². The Morgan fingerprint density at radius 3 is 2.82 bits per heavy atom. The predicted molar refractivity (Wildman–Crippen MR) is 74.6 cm³/mol. The number of aromatic amines is 1. The number of nitrogens with one attached hydrogen (secondary N) is 1. The number of nitrogens with zero attached hydrogens (tertiary/aromatic N) is 3. The van der Waals surface area contributed by atoms with Gasteiger partial charge in [-0.15, -0.1) is 0 Å². The van der Waals surface area contributed by atoms with Crippen molar-refractivity contribution in [1.29, 1.82) is 0 Å². The predicted octanol–water partition coefficient (Wildman–Crippen LogP) is 2.93. The van der Waals surface area contributed by atoms with E-state index in [1.54, 1.807) is 0 Å². The van der Waals surface area contributed by atoms with Crippen LogP contribution in [0.3, 0.4) is 0 Å². The maximum atomic E-state index is 4.48. The summed E-state index contributed by atoms with van der Waals surface area (Å²) in [6, 6.07) is 7.83. The first-order valence-electron chi connectivity index (χ1n) is 5.19. The van der Waals surface area contributed by atoms with Gasteiger partial charge in [-0.25, -0.2) is 15.0 Å². The van der Waals surface area contributed by atoms with Crippen molar-refractivity contribution in [2.75, 3.05) is 0 Å². The summed E-state index contributed by atoms with van der Waals surface area (Å²) in [7, 11) is 0. The lowest BCUT2D eigenvalue weighted by molar-refractivity contribution is 1.12. The molecule has 0 radical (unpaired) electrons. The largest absolute Gasteiger partial charge is 0.346 e. The number of pyridine rings is 1. The second-order valence-corrected chi connectivity index (χ2v) is 4.76. The molecule has 1 N–H and O–H groups in total. The number of aryl methyl sites for hydroxylation is 1. The topological polar surface area (TPSA) is 54.5 Å². The first-order valence-corrected chi connectivity index (χ1v) is 6.26. The van der Waals surface area contributed by atoms with E-state index in [9.17, 15) is 0 Å². The first kappa shape index (κ1) is 10.6. The molecule has 3 heterocycles. The lowest BCUT2D eigenvalue weighted by Gasteiger charge is -2.02. The van der Waals surface area contributed by atoms with Crippen LogP contribution in [0.2, 0.25) is 0 Å². The van der Waals surface area contributed by atoms with Gasteiger partial charge in [0.2, 0.25) is 0 Å². The van der Waals surface area contributed by atoms with Gasteiger partial charge in [-0.2, -0.15) is 0 Å². The smallest absolute Gasteiger partial charge is 0.181 e. The fourth-order valence-corrected chi connectivity index (χ4v) is 2.35. The Morgan fingerprint density at radius 2 is 2.00 bits per heavy atom. The summed E-state index contributed by atoms with van der Waals surface area (Å²) in [5.41, 5.74) is 2.62. The van der Waals surface area contributed by atoms with E-state index in [-0.39, 0.29) is 0 Å². The molecule has 3 aromatic heterocycles. The van der Waals surface area contributed by atoms with Crippen molar-refractivity contribution in [1.82, 2.24) is 19.9 Å². The normalized spacial score (nSPS) is 10.9. The highest BCUT2D eigenvalue weighted by Gasteiger charge is 2.09. The molecule has 0 aliphatic carbocycles. The van der Waals surface area contributed by atoms with Gasteiger partial charge in [0.25, 0.3) is 0 Å². The Hall–Kier alpha value is -1.50. The highest BCUT2D eigenvalue weighted by atomic mass is 127. The molecule has 0 amide bonds. The molecule has 17 heavy (non-hydrogen) atoms. The number of hydrogen-bond acceptors (Lipinski definition) is 3. The van der Waals surface area contributed by atoms with Crippen LogP contribution in [0.15, 0.2) is 30.5 Å². The van der Waals surface area contributed by atoms with Gasteiger partial charge in [0.15, 0.2) is 5.82 Å². The van der Waals surface area contributed by atoms with E-state index in [4.69, 9.17) is 0 Å². The summed E-state index contributed by atoms with van der Waals surface area (Å²) >= 11 is 2.22. The number of aromatic nitrogens is 4. The van der Waals surface area contributed by atoms with Crippen LogP contribution in [0.25, 0.3) is 22.6 Å². The van der Waals surface area contributed by atoms with Crippen molar-refractivity contribution in [2.24, 2.45) is 0 Å². The average Bonchev–Trinajstić information content (AvgIpc) is 2.77. The number of halogens is 1. The molecule has 0 aliphatic rings. The van der Waals surface area contributed by atoms with Crippen molar-refractivity contribution >= 4 is 33.6 Å². The Labute approximate surface area is 112 Å². The maximum Gasteiger partial charge on any atom is 0.181 e. The molecule has 0 saturated heterocycles. The molecule has 3 rings (SSSR count). The number of fused-ring (bicyclic) bond motifs is 1. The second kappa shape index (κ2) is 4.06. The van der Waals surface area contributed by atoms with E-state index in [0.29, 0.717) is 5.82 Å². The Kier molecular flexibility index (Phi) is 2.54. The molecule has 4 nitrogen and oxygen atoms in total. The Bertz CT molecular complexity index is 690. The van der Waals surface area contributed by atoms with Gasteiger partial charge in [0, 0.05) is 11.9 Å². The van der Waals surface area contributed by atoms with Gasteiger partial charge in [-0.3, -0.25) is 0 Å². The van der Waals surface area contributed by atoms with Gasteiger partial charge in [-0.1, -0.05) is 6.07 Å². The summed E-state index contributed by atoms with van der Waals surface area (Å²) in [5.74, 6) is 0.660. The fourth-order valence-electron chi connectivity index (χ4n) is 1.69.